The molecule has 0 unspecified atom stereocenters. The molecule has 3 rings (SSSR count). The first kappa shape index (κ1) is 6.60. The second-order valence-corrected chi connectivity index (χ2v) is 3.59. The Balaban J connectivity index is 2.03. The molecular formula is C8H12N4. The molecule has 2 heterocycles. The molecule has 1 saturated carbocycles. The van der Waals surface area contributed by atoms with Crippen LogP contribution in [0, 0.1) is 0 Å². The first-order valence-corrected chi connectivity index (χ1v) is 4.59. The minimum absolute atomic E-state index is 0.680. The van der Waals surface area contributed by atoms with Crippen LogP contribution in [0.1, 0.15) is 30.3 Å². The van der Waals surface area contributed by atoms with E-state index in [1.807, 2.05) is 0 Å². The van der Waals surface area contributed by atoms with E-state index in [1.165, 1.54) is 18.5 Å². The molecule has 1 N–H and O–H groups in total. The Morgan fingerprint density at radius 3 is 3.17 bits per heavy atom. The highest BCUT2D eigenvalue weighted by atomic mass is 15.5. The van der Waals surface area contributed by atoms with E-state index < -0.39 is 0 Å². The molecule has 4 heteroatoms. The fourth-order valence-corrected chi connectivity index (χ4v) is 1.77. The average molecular weight is 164 g/mol. The highest BCUT2D eigenvalue weighted by Crippen LogP contribution is 2.35. The Hall–Kier alpha value is -0.900. The maximum absolute atomic E-state index is 4.19. The number of hydrogen-bond acceptors (Lipinski definition) is 3. The van der Waals surface area contributed by atoms with Crippen molar-refractivity contribution < 1.29 is 0 Å². The molecule has 0 aromatic carbocycles. The minimum Gasteiger partial charge on any atom is -0.311 e. The van der Waals surface area contributed by atoms with Crippen molar-refractivity contribution in [3.05, 3.63) is 11.4 Å². The van der Waals surface area contributed by atoms with Gasteiger partial charge in [-0.05, 0) is 12.8 Å². The van der Waals surface area contributed by atoms with E-state index in [2.05, 4.69) is 20.3 Å². The van der Waals surface area contributed by atoms with Gasteiger partial charge in [-0.3, -0.25) is 0 Å². The SMILES string of the molecule is C1Cc2c(nnn2C2CC2)CN1. The molecule has 0 amide bonds. The number of fused-ring (bicyclic) bond motifs is 1. The van der Waals surface area contributed by atoms with Crippen molar-refractivity contribution >= 4 is 0 Å². The Labute approximate surface area is 71.0 Å². The Morgan fingerprint density at radius 2 is 2.33 bits per heavy atom. The molecule has 0 radical (unpaired) electrons. The van der Waals surface area contributed by atoms with Crippen LogP contribution in [0.25, 0.3) is 0 Å². The molecular weight excluding hydrogens is 152 g/mol. The van der Waals surface area contributed by atoms with Crippen molar-refractivity contribution in [3.8, 4) is 0 Å². The summed E-state index contributed by atoms with van der Waals surface area (Å²) in [6.07, 6.45) is 3.69. The highest BCUT2D eigenvalue weighted by molar-refractivity contribution is 5.15. The Bertz CT molecular complexity index is 300. The third-order valence-electron chi connectivity index (χ3n) is 2.60. The van der Waals surface area contributed by atoms with Crippen LogP contribution in [0.2, 0.25) is 0 Å². The number of nitrogens with zero attached hydrogens (tertiary/aromatic N) is 3. The molecule has 0 atom stereocenters. The van der Waals surface area contributed by atoms with Gasteiger partial charge in [-0.25, -0.2) is 4.68 Å². The van der Waals surface area contributed by atoms with Crippen LogP contribution >= 0.6 is 0 Å². The third-order valence-corrected chi connectivity index (χ3v) is 2.60. The molecule has 1 aliphatic carbocycles. The lowest BCUT2D eigenvalue weighted by molar-refractivity contribution is 0.559. The summed E-state index contributed by atoms with van der Waals surface area (Å²) in [6.45, 7) is 1.98. The van der Waals surface area contributed by atoms with Gasteiger partial charge in [0.05, 0.1) is 17.4 Å². The third kappa shape index (κ3) is 0.876. The Morgan fingerprint density at radius 1 is 1.42 bits per heavy atom. The lowest BCUT2D eigenvalue weighted by Crippen LogP contribution is -2.24. The second-order valence-electron chi connectivity index (χ2n) is 3.59. The number of aromatic nitrogens is 3. The summed E-state index contributed by atoms with van der Waals surface area (Å²) in [5.74, 6) is 0. The maximum Gasteiger partial charge on any atom is 0.0997 e. The average Bonchev–Trinajstić information content (AvgIpc) is 2.86. The topological polar surface area (TPSA) is 42.7 Å². The smallest absolute Gasteiger partial charge is 0.0997 e. The van der Waals surface area contributed by atoms with E-state index in [0.717, 1.165) is 25.2 Å². The zero-order valence-electron chi connectivity index (χ0n) is 6.95. The number of hydrogen-bond donors (Lipinski definition) is 1. The van der Waals surface area contributed by atoms with Crippen molar-refractivity contribution in [2.24, 2.45) is 0 Å². The minimum atomic E-state index is 0.680. The summed E-state index contributed by atoms with van der Waals surface area (Å²) in [6, 6.07) is 0.680. The summed E-state index contributed by atoms with van der Waals surface area (Å²) >= 11 is 0. The summed E-state index contributed by atoms with van der Waals surface area (Å²) < 4.78 is 2.14. The largest absolute Gasteiger partial charge is 0.311 e. The van der Waals surface area contributed by atoms with Gasteiger partial charge >= 0.3 is 0 Å². The van der Waals surface area contributed by atoms with Crippen molar-refractivity contribution in [1.82, 2.24) is 20.3 Å². The monoisotopic (exact) mass is 164 g/mol. The van der Waals surface area contributed by atoms with Gasteiger partial charge < -0.3 is 5.32 Å². The second kappa shape index (κ2) is 2.29. The molecule has 64 valence electrons. The fraction of sp³-hybridized carbons (Fsp3) is 0.750. The van der Waals surface area contributed by atoms with Gasteiger partial charge in [0.15, 0.2) is 0 Å². The van der Waals surface area contributed by atoms with Crippen molar-refractivity contribution in [1.29, 1.82) is 0 Å². The van der Waals surface area contributed by atoms with Crippen LogP contribution in [0.3, 0.4) is 0 Å². The van der Waals surface area contributed by atoms with E-state index in [1.54, 1.807) is 0 Å². The zero-order valence-corrected chi connectivity index (χ0v) is 6.95. The molecule has 1 fully saturated rings. The summed E-state index contributed by atoms with van der Waals surface area (Å²) in [5, 5.41) is 11.7. The van der Waals surface area contributed by atoms with E-state index in [4.69, 9.17) is 0 Å². The zero-order chi connectivity index (χ0) is 7.97. The Kier molecular flexibility index (Phi) is 1.26. The van der Waals surface area contributed by atoms with Crippen molar-refractivity contribution in [2.75, 3.05) is 6.54 Å². The number of nitrogens with one attached hydrogen (secondary N) is 1. The molecule has 0 spiro atoms. The fourth-order valence-electron chi connectivity index (χ4n) is 1.77. The van der Waals surface area contributed by atoms with E-state index in [-0.39, 0.29) is 0 Å². The van der Waals surface area contributed by atoms with E-state index in [0.29, 0.717) is 6.04 Å². The van der Waals surface area contributed by atoms with Crippen LogP contribution in [0.15, 0.2) is 0 Å². The molecule has 1 aromatic rings. The quantitative estimate of drug-likeness (QED) is 0.647. The van der Waals surface area contributed by atoms with Gasteiger partial charge in [0.1, 0.15) is 0 Å². The van der Waals surface area contributed by atoms with E-state index in [9.17, 15) is 0 Å². The molecule has 1 aliphatic heterocycles. The first-order chi connectivity index (χ1) is 5.95. The predicted molar refractivity (Wildman–Crippen MR) is 43.7 cm³/mol. The molecule has 12 heavy (non-hydrogen) atoms. The van der Waals surface area contributed by atoms with Crippen LogP contribution in [0.5, 0.6) is 0 Å². The molecule has 2 aliphatic rings. The van der Waals surface area contributed by atoms with Gasteiger partial charge in [0.2, 0.25) is 0 Å². The molecule has 1 aromatic heterocycles. The summed E-state index contributed by atoms with van der Waals surface area (Å²) in [7, 11) is 0. The maximum atomic E-state index is 4.19. The summed E-state index contributed by atoms with van der Waals surface area (Å²) in [4.78, 5) is 0. The van der Waals surface area contributed by atoms with Crippen molar-refractivity contribution in [3.63, 3.8) is 0 Å². The van der Waals surface area contributed by atoms with Crippen molar-refractivity contribution in [2.45, 2.75) is 31.8 Å². The van der Waals surface area contributed by atoms with Gasteiger partial charge in [-0.1, -0.05) is 5.21 Å². The van der Waals surface area contributed by atoms with Gasteiger partial charge in [0, 0.05) is 19.5 Å². The molecule has 4 nitrogen and oxygen atoms in total. The van der Waals surface area contributed by atoms with Gasteiger partial charge in [-0.15, -0.1) is 5.10 Å². The van der Waals surface area contributed by atoms with Crippen LogP contribution < -0.4 is 5.32 Å². The first-order valence-electron chi connectivity index (χ1n) is 4.59. The van der Waals surface area contributed by atoms with Crippen LogP contribution in [-0.2, 0) is 13.0 Å². The van der Waals surface area contributed by atoms with Crippen LogP contribution in [0.4, 0.5) is 0 Å². The van der Waals surface area contributed by atoms with Gasteiger partial charge in [0.25, 0.3) is 0 Å². The number of rotatable bonds is 1. The normalized spacial score (nSPS) is 22.3. The molecule has 0 bridgehead atoms. The molecule has 0 saturated heterocycles. The lowest BCUT2D eigenvalue weighted by Gasteiger charge is -2.12. The highest BCUT2D eigenvalue weighted by Gasteiger charge is 2.29. The standard InChI is InChI=1S/C8H12N4/c1-2-6(1)12-8-3-4-9-5-7(8)10-11-12/h6,9H,1-5H2. The van der Waals surface area contributed by atoms with E-state index >= 15 is 0 Å². The lowest BCUT2D eigenvalue weighted by atomic mass is 10.2. The summed E-state index contributed by atoms with van der Waals surface area (Å²) in [5.41, 5.74) is 2.53. The van der Waals surface area contributed by atoms with Gasteiger partial charge in [-0.2, -0.15) is 0 Å². The van der Waals surface area contributed by atoms with Crippen LogP contribution in [-0.4, -0.2) is 21.5 Å². The predicted octanol–water partition coefficient (Wildman–Crippen LogP) is 0.259.